The fourth-order valence-corrected chi connectivity index (χ4v) is 4.79. The van der Waals surface area contributed by atoms with E-state index in [1.54, 1.807) is 36.4 Å². The van der Waals surface area contributed by atoms with Crippen molar-refractivity contribution in [1.82, 2.24) is 0 Å². The van der Waals surface area contributed by atoms with Crippen LogP contribution in [0.4, 0.5) is 0 Å². The minimum Gasteiger partial charge on any atom is -0.490 e. The third-order valence-electron chi connectivity index (χ3n) is 6.79. The van der Waals surface area contributed by atoms with Crippen molar-refractivity contribution in [3.63, 3.8) is 0 Å². The summed E-state index contributed by atoms with van der Waals surface area (Å²) in [5.41, 5.74) is 7.95. The van der Waals surface area contributed by atoms with E-state index in [-0.39, 0.29) is 23.8 Å². The Morgan fingerprint density at radius 2 is 1.83 bits per heavy atom. The Balaban J connectivity index is 1.39. The molecule has 3 aromatic carbocycles. The SMILES string of the molecule is CCCCCOc1ccc(C2C(C#N)=C(N)Oc3cc(OC(=O)C4COc5ccccc5O4)ccc32)cc1OCC. The number of unbranched alkanes of at least 4 members (excludes halogenated alkanes) is 2. The van der Waals surface area contributed by atoms with Gasteiger partial charge in [0, 0.05) is 11.6 Å². The van der Waals surface area contributed by atoms with Crippen molar-refractivity contribution in [3.8, 4) is 40.6 Å². The lowest BCUT2D eigenvalue weighted by Gasteiger charge is -2.28. The first-order valence-corrected chi connectivity index (χ1v) is 13.7. The van der Waals surface area contributed by atoms with Crippen molar-refractivity contribution in [2.45, 2.75) is 45.1 Å². The van der Waals surface area contributed by atoms with E-state index in [1.807, 2.05) is 31.2 Å². The van der Waals surface area contributed by atoms with Gasteiger partial charge in [-0.3, -0.25) is 0 Å². The number of ether oxygens (including phenoxy) is 6. The molecule has 5 rings (SSSR count). The van der Waals surface area contributed by atoms with Gasteiger partial charge in [0.1, 0.15) is 29.7 Å². The summed E-state index contributed by atoms with van der Waals surface area (Å²) in [4.78, 5) is 12.9. The molecular weight excluding hydrogens is 524 g/mol. The molecule has 2 aliphatic rings. The number of para-hydroxylation sites is 2. The molecular formula is C32H32N2O7. The van der Waals surface area contributed by atoms with Crippen molar-refractivity contribution in [2.24, 2.45) is 5.73 Å². The average molecular weight is 557 g/mol. The van der Waals surface area contributed by atoms with Gasteiger partial charge < -0.3 is 34.2 Å². The van der Waals surface area contributed by atoms with E-state index >= 15 is 0 Å². The van der Waals surface area contributed by atoms with Gasteiger partial charge in [-0.15, -0.1) is 0 Å². The summed E-state index contributed by atoms with van der Waals surface area (Å²) < 4.78 is 34.7. The van der Waals surface area contributed by atoms with Crippen molar-refractivity contribution >= 4 is 5.97 Å². The molecule has 9 nitrogen and oxygen atoms in total. The van der Waals surface area contributed by atoms with Gasteiger partial charge in [0.15, 0.2) is 23.0 Å². The average Bonchev–Trinajstić information content (AvgIpc) is 2.99. The maximum Gasteiger partial charge on any atom is 0.356 e. The number of hydrogen-bond donors (Lipinski definition) is 1. The molecule has 0 amide bonds. The lowest BCUT2D eigenvalue weighted by molar-refractivity contribution is -0.144. The van der Waals surface area contributed by atoms with E-state index in [2.05, 4.69) is 13.0 Å². The van der Waals surface area contributed by atoms with Crippen LogP contribution in [0.1, 0.15) is 50.2 Å². The van der Waals surface area contributed by atoms with Crippen molar-refractivity contribution in [1.29, 1.82) is 5.26 Å². The Morgan fingerprint density at radius 3 is 2.61 bits per heavy atom. The topological polar surface area (TPSA) is 122 Å². The van der Waals surface area contributed by atoms with Crippen molar-refractivity contribution in [2.75, 3.05) is 19.8 Å². The molecule has 9 heteroatoms. The molecule has 2 aliphatic heterocycles. The number of hydrogen-bond acceptors (Lipinski definition) is 9. The second kappa shape index (κ2) is 12.6. The normalized spacial score (nSPS) is 17.1. The molecule has 0 saturated heterocycles. The van der Waals surface area contributed by atoms with Crippen LogP contribution in [0.2, 0.25) is 0 Å². The molecule has 2 unspecified atom stereocenters. The Labute approximate surface area is 239 Å². The zero-order valence-corrected chi connectivity index (χ0v) is 23.1. The number of nitriles is 1. The highest BCUT2D eigenvalue weighted by Gasteiger charge is 2.33. The van der Waals surface area contributed by atoms with Crippen molar-refractivity contribution in [3.05, 3.63) is 83.2 Å². The smallest absolute Gasteiger partial charge is 0.356 e. The molecule has 41 heavy (non-hydrogen) atoms. The lowest BCUT2D eigenvalue weighted by Crippen LogP contribution is -2.39. The predicted octanol–water partition coefficient (Wildman–Crippen LogP) is 5.62. The minimum atomic E-state index is -0.926. The van der Waals surface area contributed by atoms with E-state index in [0.29, 0.717) is 47.5 Å². The summed E-state index contributed by atoms with van der Waals surface area (Å²) in [7, 11) is 0. The number of allylic oxidation sites excluding steroid dienone is 1. The second-order valence-corrected chi connectivity index (χ2v) is 9.60. The predicted molar refractivity (Wildman–Crippen MR) is 150 cm³/mol. The highest BCUT2D eigenvalue weighted by molar-refractivity contribution is 5.78. The first-order chi connectivity index (χ1) is 20.0. The van der Waals surface area contributed by atoms with Crippen LogP contribution in [-0.2, 0) is 4.79 Å². The van der Waals surface area contributed by atoms with Gasteiger partial charge in [-0.05, 0) is 49.2 Å². The third kappa shape index (κ3) is 6.02. The standard InChI is InChI=1S/C32H32N2O7/c1-3-5-8-15-37-25-14-11-20(16-28(25)36-4-2)30-22-13-12-21(17-27(22)41-31(34)23(30)18-33)39-32(35)29-19-38-24-9-6-7-10-26(24)40-29/h6-7,9-14,16-17,29-30H,3-5,8,15,19,34H2,1-2H3. The van der Waals surface area contributed by atoms with E-state index in [1.165, 1.54) is 0 Å². The zero-order valence-electron chi connectivity index (χ0n) is 23.1. The quantitative estimate of drug-likeness (QED) is 0.193. The van der Waals surface area contributed by atoms with Gasteiger partial charge in [-0.1, -0.05) is 44.0 Å². The molecule has 0 saturated carbocycles. The monoisotopic (exact) mass is 556 g/mol. The Hall–Kier alpha value is -4.84. The first-order valence-electron chi connectivity index (χ1n) is 13.7. The number of rotatable bonds is 10. The van der Waals surface area contributed by atoms with E-state index in [4.69, 9.17) is 34.2 Å². The molecule has 0 aromatic heterocycles. The third-order valence-corrected chi connectivity index (χ3v) is 6.79. The van der Waals surface area contributed by atoms with Crippen LogP contribution < -0.4 is 34.2 Å². The maximum absolute atomic E-state index is 12.9. The first kappa shape index (κ1) is 27.7. The molecule has 0 fully saturated rings. The summed E-state index contributed by atoms with van der Waals surface area (Å²) in [6.45, 7) is 5.13. The fourth-order valence-electron chi connectivity index (χ4n) is 4.79. The van der Waals surface area contributed by atoms with Crippen LogP contribution in [0.25, 0.3) is 0 Å². The zero-order chi connectivity index (χ0) is 28.8. The number of carbonyl (C=O) groups is 1. The van der Waals surface area contributed by atoms with Crippen LogP contribution in [0.3, 0.4) is 0 Å². The van der Waals surface area contributed by atoms with Gasteiger partial charge >= 0.3 is 5.97 Å². The molecule has 0 aliphatic carbocycles. The minimum absolute atomic E-state index is 0.0213. The van der Waals surface area contributed by atoms with Gasteiger partial charge in [0.05, 0.1) is 19.1 Å². The summed E-state index contributed by atoms with van der Waals surface area (Å²) in [6.07, 6.45) is 2.22. The van der Waals surface area contributed by atoms with E-state index in [0.717, 1.165) is 24.8 Å². The van der Waals surface area contributed by atoms with Crippen LogP contribution in [-0.4, -0.2) is 31.9 Å². The summed E-state index contributed by atoms with van der Waals surface area (Å²) in [5, 5.41) is 9.98. The number of fused-ring (bicyclic) bond motifs is 2. The number of benzene rings is 3. The summed E-state index contributed by atoms with van der Waals surface area (Å²) in [6, 6.07) is 19.9. The van der Waals surface area contributed by atoms with Crippen LogP contribution in [0, 0.1) is 11.3 Å². The molecule has 2 N–H and O–H groups in total. The Kier molecular flexibility index (Phi) is 8.49. The number of nitrogens with zero attached hydrogens (tertiary/aromatic N) is 1. The van der Waals surface area contributed by atoms with Gasteiger partial charge in [-0.2, -0.15) is 5.26 Å². The number of nitrogens with two attached hydrogens (primary N) is 1. The van der Waals surface area contributed by atoms with Crippen LogP contribution in [0.15, 0.2) is 72.1 Å². The number of esters is 1. The Bertz CT molecular complexity index is 1490. The molecule has 2 heterocycles. The molecule has 0 spiro atoms. The van der Waals surface area contributed by atoms with Crippen LogP contribution in [0.5, 0.6) is 34.5 Å². The molecule has 212 valence electrons. The molecule has 3 aromatic rings. The van der Waals surface area contributed by atoms with Gasteiger partial charge in [-0.25, -0.2) is 4.79 Å². The molecule has 0 bridgehead atoms. The molecule has 2 atom stereocenters. The number of carbonyl (C=O) groups excluding carboxylic acids is 1. The Morgan fingerprint density at radius 1 is 1.00 bits per heavy atom. The lowest BCUT2D eigenvalue weighted by atomic mass is 9.83. The van der Waals surface area contributed by atoms with Crippen molar-refractivity contribution < 1.29 is 33.2 Å². The van der Waals surface area contributed by atoms with E-state index < -0.39 is 18.0 Å². The van der Waals surface area contributed by atoms with Gasteiger partial charge in [0.25, 0.3) is 0 Å². The summed E-state index contributed by atoms with van der Waals surface area (Å²) >= 11 is 0. The van der Waals surface area contributed by atoms with Gasteiger partial charge in [0.2, 0.25) is 12.0 Å². The van der Waals surface area contributed by atoms with E-state index in [9.17, 15) is 10.1 Å². The van der Waals surface area contributed by atoms with Crippen LogP contribution >= 0.6 is 0 Å². The second-order valence-electron chi connectivity index (χ2n) is 9.60. The summed E-state index contributed by atoms with van der Waals surface area (Å²) in [5.74, 6) is 1.76. The highest BCUT2D eigenvalue weighted by Crippen LogP contribution is 2.45. The highest BCUT2D eigenvalue weighted by atomic mass is 16.6. The maximum atomic E-state index is 12.9. The molecule has 0 radical (unpaired) electrons. The largest absolute Gasteiger partial charge is 0.490 e. The fraction of sp³-hybridized carbons (Fsp3) is 0.312.